The summed E-state index contributed by atoms with van der Waals surface area (Å²) in [6.45, 7) is 2.80. The number of alkyl halides is 3. The lowest BCUT2D eigenvalue weighted by Gasteiger charge is -2.23. The molecule has 0 aromatic carbocycles. The number of aliphatic carboxylic acids is 1. The van der Waals surface area contributed by atoms with Crippen molar-refractivity contribution < 1.29 is 37.7 Å². The standard InChI is InChI=1S/C8H12F3NO5/c1-3(2)17-7(16)12-5(8(9,10)11)4(13)6(14)15/h3-5,13H,1-2H3,(H,12,16)(H,14,15)/t4-,5-/m1/s1. The predicted octanol–water partition coefficient (Wildman–Crippen LogP) is 0.497. The van der Waals surface area contributed by atoms with Gasteiger partial charge in [0.25, 0.3) is 0 Å². The van der Waals surface area contributed by atoms with Gasteiger partial charge in [-0.3, -0.25) is 0 Å². The average Bonchev–Trinajstić information content (AvgIpc) is 2.09. The maximum Gasteiger partial charge on any atom is 0.411 e. The Morgan fingerprint density at radius 2 is 1.76 bits per heavy atom. The van der Waals surface area contributed by atoms with Crippen LogP contribution in [0, 0.1) is 0 Å². The molecule has 6 nitrogen and oxygen atoms in total. The Kier molecular flexibility index (Phi) is 5.20. The normalized spacial score (nSPS) is 15.2. The molecule has 0 aromatic heterocycles. The number of aliphatic hydroxyl groups is 1. The SMILES string of the molecule is CC(C)OC(=O)N[C@H]([C@@H](O)C(=O)O)C(F)(F)F. The monoisotopic (exact) mass is 259 g/mol. The molecule has 0 bridgehead atoms. The fourth-order valence-electron chi connectivity index (χ4n) is 0.857. The molecule has 0 spiro atoms. The number of carboxylic acids is 1. The van der Waals surface area contributed by atoms with Gasteiger partial charge >= 0.3 is 18.2 Å². The van der Waals surface area contributed by atoms with Crippen molar-refractivity contribution in [3.05, 3.63) is 0 Å². The number of rotatable bonds is 4. The van der Waals surface area contributed by atoms with Crippen molar-refractivity contribution in [2.75, 3.05) is 0 Å². The van der Waals surface area contributed by atoms with Crippen LogP contribution in [0.4, 0.5) is 18.0 Å². The molecular weight excluding hydrogens is 247 g/mol. The predicted molar refractivity (Wildman–Crippen MR) is 48.2 cm³/mol. The Hall–Kier alpha value is -1.51. The van der Waals surface area contributed by atoms with Crippen LogP contribution in [-0.4, -0.2) is 46.7 Å². The molecule has 0 heterocycles. The van der Waals surface area contributed by atoms with Crippen molar-refractivity contribution in [3.8, 4) is 0 Å². The minimum Gasteiger partial charge on any atom is -0.479 e. The van der Waals surface area contributed by atoms with Gasteiger partial charge in [-0.2, -0.15) is 13.2 Å². The minimum atomic E-state index is -5.10. The third kappa shape index (κ3) is 5.38. The summed E-state index contributed by atoms with van der Waals surface area (Å²) >= 11 is 0. The number of nitrogens with one attached hydrogen (secondary N) is 1. The second kappa shape index (κ2) is 5.71. The zero-order valence-electron chi connectivity index (χ0n) is 8.99. The van der Waals surface area contributed by atoms with Gasteiger partial charge < -0.3 is 20.3 Å². The highest BCUT2D eigenvalue weighted by atomic mass is 19.4. The van der Waals surface area contributed by atoms with Gasteiger partial charge in [0.2, 0.25) is 0 Å². The summed E-state index contributed by atoms with van der Waals surface area (Å²) in [6, 6.07) is -2.92. The maximum atomic E-state index is 12.3. The van der Waals surface area contributed by atoms with Crippen LogP contribution >= 0.6 is 0 Å². The number of amides is 1. The zero-order valence-corrected chi connectivity index (χ0v) is 8.99. The summed E-state index contributed by atoms with van der Waals surface area (Å²) in [5.41, 5.74) is 0. The highest BCUT2D eigenvalue weighted by Gasteiger charge is 2.48. The summed E-state index contributed by atoms with van der Waals surface area (Å²) in [5.74, 6) is -2.10. The van der Waals surface area contributed by atoms with Crippen molar-refractivity contribution in [1.29, 1.82) is 0 Å². The number of carbonyl (C=O) groups is 2. The van der Waals surface area contributed by atoms with Crippen molar-refractivity contribution in [2.24, 2.45) is 0 Å². The third-order valence-electron chi connectivity index (χ3n) is 1.54. The van der Waals surface area contributed by atoms with E-state index < -0.39 is 36.5 Å². The Bertz CT molecular complexity index is 291. The fourth-order valence-corrected chi connectivity index (χ4v) is 0.857. The molecule has 9 heteroatoms. The molecule has 1 amide bonds. The Morgan fingerprint density at radius 1 is 1.29 bits per heavy atom. The number of hydrogen-bond donors (Lipinski definition) is 3. The summed E-state index contributed by atoms with van der Waals surface area (Å²) in [7, 11) is 0. The van der Waals surface area contributed by atoms with Gasteiger partial charge in [0.05, 0.1) is 6.10 Å². The molecule has 0 rings (SSSR count). The number of ether oxygens (including phenoxy) is 1. The number of carboxylic acid groups (broad SMARTS) is 1. The highest BCUT2D eigenvalue weighted by molar-refractivity contribution is 5.75. The van der Waals surface area contributed by atoms with Gasteiger partial charge in [-0.1, -0.05) is 0 Å². The van der Waals surface area contributed by atoms with E-state index in [0.29, 0.717) is 0 Å². The van der Waals surface area contributed by atoms with E-state index in [1.54, 1.807) is 0 Å². The first-order valence-corrected chi connectivity index (χ1v) is 4.50. The molecule has 2 atom stereocenters. The summed E-state index contributed by atoms with van der Waals surface area (Å²) in [4.78, 5) is 21.1. The van der Waals surface area contributed by atoms with Crippen LogP contribution < -0.4 is 5.32 Å². The van der Waals surface area contributed by atoms with Crippen LogP contribution in [0.15, 0.2) is 0 Å². The van der Waals surface area contributed by atoms with E-state index in [1.165, 1.54) is 19.2 Å². The molecule has 3 N–H and O–H groups in total. The fraction of sp³-hybridized carbons (Fsp3) is 0.750. The van der Waals surface area contributed by atoms with Gasteiger partial charge in [-0.25, -0.2) is 9.59 Å². The van der Waals surface area contributed by atoms with Crippen LogP contribution in [0.1, 0.15) is 13.8 Å². The highest BCUT2D eigenvalue weighted by Crippen LogP contribution is 2.23. The van der Waals surface area contributed by atoms with Crippen LogP contribution in [0.5, 0.6) is 0 Å². The molecule has 0 aliphatic rings. The van der Waals surface area contributed by atoms with E-state index in [2.05, 4.69) is 4.74 Å². The van der Waals surface area contributed by atoms with Crippen molar-refractivity contribution in [2.45, 2.75) is 38.3 Å². The second-order valence-corrected chi connectivity index (χ2v) is 3.40. The number of alkyl carbamates (subject to hydrolysis) is 1. The third-order valence-corrected chi connectivity index (χ3v) is 1.54. The first-order chi connectivity index (χ1) is 7.55. The van der Waals surface area contributed by atoms with Crippen LogP contribution in [0.2, 0.25) is 0 Å². The van der Waals surface area contributed by atoms with Crippen molar-refractivity contribution in [3.63, 3.8) is 0 Å². The summed E-state index contributed by atoms with van der Waals surface area (Å²) in [6.07, 6.45) is -10.0. The van der Waals surface area contributed by atoms with E-state index in [0.717, 1.165) is 0 Å². The molecule has 17 heavy (non-hydrogen) atoms. The van der Waals surface area contributed by atoms with Crippen LogP contribution in [-0.2, 0) is 9.53 Å². The minimum absolute atomic E-state index is 0.675. The summed E-state index contributed by atoms with van der Waals surface area (Å²) in [5, 5.41) is 18.3. The Balaban J connectivity index is 4.73. The molecule has 0 fully saturated rings. The van der Waals surface area contributed by atoms with Gasteiger partial charge in [-0.05, 0) is 13.8 Å². The van der Waals surface area contributed by atoms with E-state index in [9.17, 15) is 22.8 Å². The van der Waals surface area contributed by atoms with Gasteiger partial charge in [0.15, 0.2) is 12.1 Å². The lowest BCUT2D eigenvalue weighted by molar-refractivity contribution is -0.188. The maximum absolute atomic E-state index is 12.3. The van der Waals surface area contributed by atoms with Gasteiger partial charge in [0, 0.05) is 0 Å². The molecule has 0 aliphatic heterocycles. The quantitative estimate of drug-likeness (QED) is 0.683. The molecule has 0 saturated carbocycles. The van der Waals surface area contributed by atoms with E-state index in [-0.39, 0.29) is 0 Å². The molecule has 100 valence electrons. The molecular formula is C8H12F3NO5. The van der Waals surface area contributed by atoms with Gasteiger partial charge in [-0.15, -0.1) is 0 Å². The molecule has 0 saturated heterocycles. The lowest BCUT2D eigenvalue weighted by Crippen LogP contribution is -2.55. The largest absolute Gasteiger partial charge is 0.479 e. The van der Waals surface area contributed by atoms with E-state index >= 15 is 0 Å². The first-order valence-electron chi connectivity index (χ1n) is 4.50. The van der Waals surface area contributed by atoms with Crippen LogP contribution in [0.3, 0.4) is 0 Å². The molecule has 0 aromatic rings. The van der Waals surface area contributed by atoms with Crippen molar-refractivity contribution in [1.82, 2.24) is 5.32 Å². The number of aliphatic hydroxyl groups excluding tert-OH is 1. The number of halogens is 3. The average molecular weight is 259 g/mol. The number of hydrogen-bond acceptors (Lipinski definition) is 4. The molecule has 0 radical (unpaired) electrons. The number of carbonyl (C=O) groups excluding carboxylic acids is 1. The first kappa shape index (κ1) is 15.5. The second-order valence-electron chi connectivity index (χ2n) is 3.40. The zero-order chi connectivity index (χ0) is 13.8. The summed E-state index contributed by atoms with van der Waals surface area (Å²) < 4.78 is 41.4. The van der Waals surface area contributed by atoms with Gasteiger partial charge in [0.1, 0.15) is 0 Å². The van der Waals surface area contributed by atoms with E-state index in [4.69, 9.17) is 10.2 Å². The van der Waals surface area contributed by atoms with Crippen molar-refractivity contribution >= 4 is 12.1 Å². The molecule has 0 aliphatic carbocycles. The molecule has 0 unspecified atom stereocenters. The lowest BCUT2D eigenvalue weighted by atomic mass is 10.1. The topological polar surface area (TPSA) is 95.9 Å². The van der Waals surface area contributed by atoms with E-state index in [1.807, 2.05) is 0 Å². The Labute approximate surface area is 94.4 Å². The Morgan fingerprint density at radius 3 is 2.06 bits per heavy atom. The smallest absolute Gasteiger partial charge is 0.411 e. The van der Waals surface area contributed by atoms with Crippen LogP contribution in [0.25, 0.3) is 0 Å².